The topological polar surface area (TPSA) is 46.5 Å². The molecule has 4 aromatic rings. The van der Waals surface area contributed by atoms with Gasteiger partial charge in [-0.15, -0.1) is 11.3 Å². The number of allylic oxidation sites excluding steroid dienone is 1. The van der Waals surface area contributed by atoms with Gasteiger partial charge in [0.1, 0.15) is 5.75 Å². The third-order valence-electron chi connectivity index (χ3n) is 5.28. The van der Waals surface area contributed by atoms with Gasteiger partial charge in [0.15, 0.2) is 6.61 Å². The SMILES string of the molecule is C/C(=C\C(=O)O)c1cc2c(-c3cc(C)cc(-c4ccccc4)c3OCC(F)(F)F)cccc2s1. The highest BCUT2D eigenvalue weighted by molar-refractivity contribution is 7.20. The van der Waals surface area contributed by atoms with Gasteiger partial charge in [0, 0.05) is 32.2 Å². The molecule has 0 saturated carbocycles. The summed E-state index contributed by atoms with van der Waals surface area (Å²) in [5.74, 6) is -0.878. The second-order valence-electron chi connectivity index (χ2n) is 7.95. The number of thiophene rings is 1. The maximum Gasteiger partial charge on any atom is 0.422 e. The number of halogens is 3. The molecule has 0 aliphatic heterocycles. The number of carboxylic acids is 1. The van der Waals surface area contributed by atoms with Crippen molar-refractivity contribution in [1.82, 2.24) is 0 Å². The predicted octanol–water partition coefficient (Wildman–Crippen LogP) is 7.97. The number of fused-ring (bicyclic) bond motifs is 1. The Morgan fingerprint density at radius 1 is 1.00 bits per heavy atom. The van der Waals surface area contributed by atoms with Crippen LogP contribution in [0.15, 0.2) is 72.8 Å². The Morgan fingerprint density at radius 2 is 1.71 bits per heavy atom. The van der Waals surface area contributed by atoms with Gasteiger partial charge in [-0.3, -0.25) is 0 Å². The first-order chi connectivity index (χ1) is 16.1. The quantitative estimate of drug-likeness (QED) is 0.284. The van der Waals surface area contributed by atoms with E-state index < -0.39 is 18.8 Å². The minimum atomic E-state index is -4.49. The number of carboxylic acid groups (broad SMARTS) is 1. The molecule has 0 aliphatic rings. The molecule has 0 spiro atoms. The summed E-state index contributed by atoms with van der Waals surface area (Å²) in [6.07, 6.45) is -3.35. The van der Waals surface area contributed by atoms with Crippen molar-refractivity contribution in [3.05, 3.63) is 83.2 Å². The Bertz CT molecular complexity index is 1390. The van der Waals surface area contributed by atoms with Crippen LogP contribution in [0.25, 0.3) is 37.9 Å². The van der Waals surface area contributed by atoms with Crippen molar-refractivity contribution < 1.29 is 27.8 Å². The van der Waals surface area contributed by atoms with E-state index in [-0.39, 0.29) is 5.75 Å². The molecule has 1 N–H and O–H groups in total. The van der Waals surface area contributed by atoms with Gasteiger partial charge >= 0.3 is 12.1 Å². The lowest BCUT2D eigenvalue weighted by molar-refractivity contribution is -0.153. The number of aryl methyl sites for hydroxylation is 1. The van der Waals surface area contributed by atoms with Gasteiger partial charge in [-0.1, -0.05) is 42.5 Å². The highest BCUT2D eigenvalue weighted by Gasteiger charge is 2.30. The molecule has 0 aliphatic carbocycles. The van der Waals surface area contributed by atoms with E-state index in [2.05, 4.69) is 0 Å². The van der Waals surface area contributed by atoms with Crippen LogP contribution >= 0.6 is 11.3 Å². The number of benzene rings is 3. The standard InChI is InChI=1S/C27H21F3O3S/c1-16-11-20(18-7-4-3-5-8-18)26(33-15-27(28,29)30)22(12-16)19-9-6-10-23-21(19)14-24(34-23)17(2)13-25(31)32/h3-14H,15H2,1-2H3,(H,31,32)/b17-13+. The van der Waals surface area contributed by atoms with Crippen LogP contribution in [0.3, 0.4) is 0 Å². The minimum absolute atomic E-state index is 0.159. The number of ether oxygens (including phenoxy) is 1. The molecular weight excluding hydrogens is 461 g/mol. The van der Waals surface area contributed by atoms with Crippen LogP contribution in [0.1, 0.15) is 17.4 Å². The Labute approximate surface area is 198 Å². The molecule has 0 atom stereocenters. The van der Waals surface area contributed by atoms with Crippen LogP contribution < -0.4 is 4.74 Å². The van der Waals surface area contributed by atoms with Crippen molar-refractivity contribution in [3.8, 4) is 28.0 Å². The van der Waals surface area contributed by atoms with E-state index in [9.17, 15) is 18.0 Å². The highest BCUT2D eigenvalue weighted by atomic mass is 32.1. The third kappa shape index (κ3) is 5.15. The lowest BCUT2D eigenvalue weighted by Gasteiger charge is -2.19. The van der Waals surface area contributed by atoms with E-state index in [1.54, 1.807) is 6.92 Å². The van der Waals surface area contributed by atoms with Gasteiger partial charge in [0.2, 0.25) is 0 Å². The Morgan fingerprint density at radius 3 is 2.38 bits per heavy atom. The van der Waals surface area contributed by atoms with Crippen molar-refractivity contribution in [2.24, 2.45) is 0 Å². The zero-order valence-corrected chi connectivity index (χ0v) is 19.3. The molecular formula is C27H21F3O3S. The molecule has 7 heteroatoms. The van der Waals surface area contributed by atoms with Crippen molar-refractivity contribution >= 4 is 33.0 Å². The fraction of sp³-hybridized carbons (Fsp3) is 0.148. The maximum absolute atomic E-state index is 13.2. The summed E-state index contributed by atoms with van der Waals surface area (Å²) in [5, 5.41) is 9.92. The van der Waals surface area contributed by atoms with E-state index in [0.29, 0.717) is 16.7 Å². The van der Waals surface area contributed by atoms with Crippen LogP contribution in [-0.4, -0.2) is 23.9 Å². The lowest BCUT2D eigenvalue weighted by Crippen LogP contribution is -2.20. The summed E-state index contributed by atoms with van der Waals surface area (Å²) in [6.45, 7) is 2.20. The van der Waals surface area contributed by atoms with Crippen LogP contribution in [-0.2, 0) is 4.79 Å². The number of hydrogen-bond acceptors (Lipinski definition) is 3. The van der Waals surface area contributed by atoms with E-state index in [4.69, 9.17) is 9.84 Å². The van der Waals surface area contributed by atoms with Gasteiger partial charge in [-0.25, -0.2) is 4.79 Å². The van der Waals surface area contributed by atoms with Crippen molar-refractivity contribution in [2.45, 2.75) is 20.0 Å². The van der Waals surface area contributed by atoms with Crippen LogP contribution in [0, 0.1) is 6.92 Å². The molecule has 4 rings (SSSR count). The molecule has 3 nitrogen and oxygen atoms in total. The summed E-state index contributed by atoms with van der Waals surface area (Å²) >= 11 is 1.43. The van der Waals surface area contributed by atoms with Crippen molar-refractivity contribution in [2.75, 3.05) is 6.61 Å². The van der Waals surface area contributed by atoms with Crippen LogP contribution in [0.4, 0.5) is 13.2 Å². The molecule has 174 valence electrons. The molecule has 0 unspecified atom stereocenters. The van der Waals surface area contributed by atoms with E-state index in [1.165, 1.54) is 11.3 Å². The maximum atomic E-state index is 13.2. The fourth-order valence-corrected chi connectivity index (χ4v) is 4.92. The monoisotopic (exact) mass is 482 g/mol. The average Bonchev–Trinajstić information content (AvgIpc) is 3.22. The molecule has 1 aromatic heterocycles. The first-order valence-corrected chi connectivity index (χ1v) is 11.3. The Balaban J connectivity index is 1.96. The smallest absolute Gasteiger partial charge is 0.422 e. The average molecular weight is 483 g/mol. The second kappa shape index (κ2) is 9.35. The minimum Gasteiger partial charge on any atom is -0.483 e. The molecule has 0 fully saturated rings. The largest absolute Gasteiger partial charge is 0.483 e. The molecule has 34 heavy (non-hydrogen) atoms. The number of aliphatic carboxylic acids is 1. The number of rotatable bonds is 6. The zero-order valence-electron chi connectivity index (χ0n) is 18.4. The molecule has 0 saturated heterocycles. The number of carbonyl (C=O) groups is 1. The first kappa shape index (κ1) is 23.6. The molecule has 3 aromatic carbocycles. The fourth-order valence-electron chi connectivity index (χ4n) is 3.86. The van der Waals surface area contributed by atoms with E-state index in [1.807, 2.05) is 73.7 Å². The van der Waals surface area contributed by atoms with Gasteiger partial charge in [-0.2, -0.15) is 13.2 Å². The summed E-state index contributed by atoms with van der Waals surface area (Å²) in [6, 6.07) is 20.3. The van der Waals surface area contributed by atoms with Crippen molar-refractivity contribution in [1.29, 1.82) is 0 Å². The number of alkyl halides is 3. The normalized spacial score (nSPS) is 12.2. The Kier molecular flexibility index (Phi) is 6.48. The molecule has 0 radical (unpaired) electrons. The Hall–Kier alpha value is -3.58. The number of hydrogen-bond donors (Lipinski definition) is 1. The van der Waals surface area contributed by atoms with E-state index in [0.717, 1.165) is 37.7 Å². The van der Waals surface area contributed by atoms with Gasteiger partial charge in [-0.05, 0) is 60.4 Å². The summed E-state index contributed by atoms with van der Waals surface area (Å²) in [4.78, 5) is 11.9. The van der Waals surface area contributed by atoms with Crippen molar-refractivity contribution in [3.63, 3.8) is 0 Å². The van der Waals surface area contributed by atoms with Crippen LogP contribution in [0.5, 0.6) is 5.75 Å². The first-order valence-electron chi connectivity index (χ1n) is 10.5. The van der Waals surface area contributed by atoms with Gasteiger partial charge in [0.05, 0.1) is 0 Å². The van der Waals surface area contributed by atoms with E-state index >= 15 is 0 Å². The summed E-state index contributed by atoms with van der Waals surface area (Å²) in [7, 11) is 0. The molecule has 0 amide bonds. The predicted molar refractivity (Wildman–Crippen MR) is 130 cm³/mol. The highest BCUT2D eigenvalue weighted by Crippen LogP contribution is 2.45. The second-order valence-corrected chi connectivity index (χ2v) is 9.04. The molecule has 1 heterocycles. The third-order valence-corrected chi connectivity index (χ3v) is 6.51. The summed E-state index contributed by atoms with van der Waals surface area (Å²) < 4.78 is 45.8. The summed E-state index contributed by atoms with van der Waals surface area (Å²) in [5.41, 5.74) is 4.08. The van der Waals surface area contributed by atoms with Gasteiger partial charge < -0.3 is 9.84 Å². The zero-order chi connectivity index (χ0) is 24.5. The molecule has 0 bridgehead atoms. The van der Waals surface area contributed by atoms with Gasteiger partial charge in [0.25, 0.3) is 0 Å². The lowest BCUT2D eigenvalue weighted by atomic mass is 9.93. The van der Waals surface area contributed by atoms with Crippen LogP contribution in [0.2, 0.25) is 0 Å².